The van der Waals surface area contributed by atoms with Gasteiger partial charge in [-0.1, -0.05) is 0 Å². The molecule has 0 spiro atoms. The Morgan fingerprint density at radius 3 is 2.37 bits per heavy atom. The molecular formula is C16H12F6N2O3. The van der Waals surface area contributed by atoms with E-state index in [-0.39, 0.29) is 25.1 Å². The first-order chi connectivity index (χ1) is 12.5. The molecule has 1 aliphatic rings. The van der Waals surface area contributed by atoms with Crippen LogP contribution in [0.25, 0.3) is 11.0 Å². The van der Waals surface area contributed by atoms with Crippen LogP contribution in [0.4, 0.5) is 26.3 Å². The summed E-state index contributed by atoms with van der Waals surface area (Å²) in [5.74, 6) is -1.17. The Balaban J connectivity index is 2.14. The van der Waals surface area contributed by atoms with Crippen molar-refractivity contribution < 1.29 is 35.9 Å². The van der Waals surface area contributed by atoms with E-state index in [9.17, 15) is 35.9 Å². The molecule has 1 fully saturated rings. The Bertz CT molecular complexity index is 948. The Morgan fingerprint density at radius 2 is 1.81 bits per heavy atom. The number of carbonyl (C=O) groups excluding carboxylic acids is 1. The van der Waals surface area contributed by atoms with Crippen LogP contribution in [-0.4, -0.2) is 22.1 Å². The molecule has 0 N–H and O–H groups in total. The van der Waals surface area contributed by atoms with E-state index in [4.69, 9.17) is 4.74 Å². The molecule has 0 amide bonds. The van der Waals surface area contributed by atoms with E-state index in [1.165, 1.54) is 0 Å². The number of hydrogen-bond donors (Lipinski definition) is 0. The monoisotopic (exact) mass is 394 g/mol. The van der Waals surface area contributed by atoms with E-state index in [1.54, 1.807) is 0 Å². The first kappa shape index (κ1) is 19.2. The molecule has 2 aromatic rings. The molecule has 1 atom stereocenters. The van der Waals surface area contributed by atoms with Crippen LogP contribution in [0, 0.1) is 5.92 Å². The zero-order valence-corrected chi connectivity index (χ0v) is 13.5. The maximum Gasteiger partial charge on any atom is 0.438 e. The largest absolute Gasteiger partial charge is 0.465 e. The fourth-order valence-corrected chi connectivity index (χ4v) is 2.91. The lowest BCUT2D eigenvalue weighted by atomic mass is 10.0. The average molecular weight is 394 g/mol. The molecule has 2 heterocycles. The summed E-state index contributed by atoms with van der Waals surface area (Å²) in [7, 11) is 0. The molecule has 11 heteroatoms. The molecule has 0 bridgehead atoms. The third kappa shape index (κ3) is 3.76. The molecule has 3 rings (SSSR count). The number of esters is 1. The lowest BCUT2D eigenvalue weighted by Gasteiger charge is -2.16. The number of benzene rings is 1. The van der Waals surface area contributed by atoms with Gasteiger partial charge < -0.3 is 9.30 Å². The third-order valence-corrected chi connectivity index (χ3v) is 4.29. The van der Waals surface area contributed by atoms with Gasteiger partial charge in [0.05, 0.1) is 29.1 Å². The van der Waals surface area contributed by atoms with E-state index >= 15 is 0 Å². The minimum absolute atomic E-state index is 0.0363. The minimum atomic E-state index is -5.07. The van der Waals surface area contributed by atoms with Crippen molar-refractivity contribution in [2.45, 2.75) is 31.7 Å². The summed E-state index contributed by atoms with van der Waals surface area (Å²) in [4.78, 5) is 27.0. The van der Waals surface area contributed by atoms with Crippen LogP contribution in [0.2, 0.25) is 0 Å². The Kier molecular flexibility index (Phi) is 4.64. The molecule has 0 saturated carbocycles. The molecule has 146 valence electrons. The van der Waals surface area contributed by atoms with Gasteiger partial charge in [0, 0.05) is 6.54 Å². The zero-order chi connectivity index (χ0) is 20.0. The number of hydrogen-bond acceptors (Lipinski definition) is 4. The number of cyclic esters (lactones) is 1. The smallest absolute Gasteiger partial charge is 0.438 e. The van der Waals surface area contributed by atoms with Gasteiger partial charge in [0.25, 0.3) is 5.56 Å². The standard InChI is InChI=1S/C16H12F6N2O3/c17-15(18,19)9-1-2-10-11(7-9)24(5-3-8-4-6-27-14(8)26)13(25)12(23-10)16(20,21)22/h1-2,7-8H,3-6H2. The molecule has 0 aliphatic carbocycles. The summed E-state index contributed by atoms with van der Waals surface area (Å²) in [5, 5.41) is 0. The summed E-state index contributed by atoms with van der Waals surface area (Å²) in [6.45, 7) is -0.219. The van der Waals surface area contributed by atoms with Gasteiger partial charge in [-0.2, -0.15) is 26.3 Å². The van der Waals surface area contributed by atoms with Crippen molar-refractivity contribution in [1.29, 1.82) is 0 Å². The fraction of sp³-hybridized carbons (Fsp3) is 0.438. The highest BCUT2D eigenvalue weighted by Crippen LogP contribution is 2.32. The van der Waals surface area contributed by atoms with Gasteiger partial charge >= 0.3 is 18.3 Å². The summed E-state index contributed by atoms with van der Waals surface area (Å²) < 4.78 is 83.5. The molecule has 1 aliphatic heterocycles. The van der Waals surface area contributed by atoms with Crippen molar-refractivity contribution in [1.82, 2.24) is 9.55 Å². The minimum Gasteiger partial charge on any atom is -0.465 e. The topological polar surface area (TPSA) is 61.2 Å². The van der Waals surface area contributed by atoms with Crippen molar-refractivity contribution in [3.8, 4) is 0 Å². The van der Waals surface area contributed by atoms with E-state index < -0.39 is 46.6 Å². The second-order valence-corrected chi connectivity index (χ2v) is 6.06. The van der Waals surface area contributed by atoms with Gasteiger partial charge in [-0.25, -0.2) is 4.98 Å². The maximum absolute atomic E-state index is 13.1. The normalized spacial score (nSPS) is 18.1. The summed E-state index contributed by atoms with van der Waals surface area (Å²) >= 11 is 0. The average Bonchev–Trinajstić information content (AvgIpc) is 2.96. The van der Waals surface area contributed by atoms with Crippen LogP contribution in [0.5, 0.6) is 0 Å². The van der Waals surface area contributed by atoms with E-state index in [2.05, 4.69) is 4.98 Å². The van der Waals surface area contributed by atoms with Crippen LogP contribution in [0.3, 0.4) is 0 Å². The highest BCUT2D eigenvalue weighted by Gasteiger charge is 2.38. The van der Waals surface area contributed by atoms with Gasteiger partial charge in [0.1, 0.15) is 0 Å². The number of rotatable bonds is 3. The number of alkyl halides is 6. The molecular weight excluding hydrogens is 382 g/mol. The van der Waals surface area contributed by atoms with E-state index in [1.807, 2.05) is 0 Å². The predicted octanol–water partition coefficient (Wildman–Crippen LogP) is 3.39. The molecule has 27 heavy (non-hydrogen) atoms. The second kappa shape index (κ2) is 6.54. The maximum atomic E-state index is 13.1. The SMILES string of the molecule is O=C1OCCC1CCn1c(=O)c(C(F)(F)F)nc2ccc(C(F)(F)F)cc21. The van der Waals surface area contributed by atoms with Gasteiger partial charge in [-0.05, 0) is 31.0 Å². The van der Waals surface area contributed by atoms with Crippen molar-refractivity contribution in [2.75, 3.05) is 6.61 Å². The zero-order valence-electron chi connectivity index (χ0n) is 13.5. The predicted molar refractivity (Wildman–Crippen MR) is 79.7 cm³/mol. The molecule has 1 saturated heterocycles. The molecule has 5 nitrogen and oxygen atoms in total. The first-order valence-corrected chi connectivity index (χ1v) is 7.84. The number of aryl methyl sites for hydroxylation is 1. The third-order valence-electron chi connectivity index (χ3n) is 4.29. The molecule has 0 radical (unpaired) electrons. The quantitative estimate of drug-likeness (QED) is 0.592. The van der Waals surface area contributed by atoms with Crippen LogP contribution >= 0.6 is 0 Å². The summed E-state index contributed by atoms with van der Waals surface area (Å²) in [6.07, 6.45) is -9.52. The van der Waals surface area contributed by atoms with Crippen molar-refractivity contribution in [3.05, 3.63) is 39.8 Å². The molecule has 1 aromatic carbocycles. The molecule has 1 unspecified atom stereocenters. The van der Waals surface area contributed by atoms with Crippen molar-refractivity contribution >= 4 is 17.0 Å². The fourth-order valence-electron chi connectivity index (χ4n) is 2.91. The van der Waals surface area contributed by atoms with Gasteiger partial charge in [-0.3, -0.25) is 9.59 Å². The Morgan fingerprint density at radius 1 is 1.11 bits per heavy atom. The Labute approximate surface area is 147 Å². The van der Waals surface area contributed by atoms with Crippen molar-refractivity contribution in [2.24, 2.45) is 5.92 Å². The van der Waals surface area contributed by atoms with Gasteiger partial charge in [0.15, 0.2) is 0 Å². The van der Waals surface area contributed by atoms with Crippen LogP contribution in [-0.2, 0) is 28.4 Å². The number of aromatic nitrogens is 2. The van der Waals surface area contributed by atoms with Crippen molar-refractivity contribution in [3.63, 3.8) is 0 Å². The lowest BCUT2D eigenvalue weighted by Crippen LogP contribution is -2.31. The van der Waals surface area contributed by atoms with Gasteiger partial charge in [-0.15, -0.1) is 0 Å². The Hall–Kier alpha value is -2.59. The summed E-state index contributed by atoms with van der Waals surface area (Å²) in [5.41, 5.74) is -5.17. The lowest BCUT2D eigenvalue weighted by molar-refractivity contribution is -0.143. The van der Waals surface area contributed by atoms with E-state index in [0.29, 0.717) is 23.1 Å². The first-order valence-electron chi connectivity index (χ1n) is 7.84. The number of halogens is 6. The number of carbonyl (C=O) groups is 1. The molecule has 1 aromatic heterocycles. The van der Waals surface area contributed by atoms with Crippen LogP contribution < -0.4 is 5.56 Å². The van der Waals surface area contributed by atoms with Crippen LogP contribution in [0.15, 0.2) is 23.0 Å². The van der Waals surface area contributed by atoms with E-state index in [0.717, 1.165) is 6.07 Å². The highest BCUT2D eigenvalue weighted by molar-refractivity contribution is 5.76. The number of nitrogens with zero attached hydrogens (tertiary/aromatic N) is 2. The number of ether oxygens (including phenoxy) is 1. The number of fused-ring (bicyclic) bond motifs is 1. The second-order valence-electron chi connectivity index (χ2n) is 6.06. The van der Waals surface area contributed by atoms with Crippen LogP contribution in [0.1, 0.15) is 24.1 Å². The highest BCUT2D eigenvalue weighted by atomic mass is 19.4. The summed E-state index contributed by atoms with van der Waals surface area (Å²) in [6, 6.07) is 1.96. The van der Waals surface area contributed by atoms with Gasteiger partial charge in [0.2, 0.25) is 5.69 Å².